The molecule has 2 unspecified atom stereocenters. The van der Waals surface area contributed by atoms with Crippen LogP contribution in [-0.4, -0.2) is 12.6 Å². The van der Waals surface area contributed by atoms with Gasteiger partial charge in [-0.3, -0.25) is 0 Å². The van der Waals surface area contributed by atoms with E-state index in [0.717, 1.165) is 19.4 Å². The lowest BCUT2D eigenvalue weighted by Crippen LogP contribution is -2.36. The maximum absolute atomic E-state index is 4.21. The molecule has 1 nitrogen and oxygen atoms in total. The molecule has 0 amide bonds. The summed E-state index contributed by atoms with van der Waals surface area (Å²) >= 11 is 0. The van der Waals surface area contributed by atoms with Crippen LogP contribution in [0.3, 0.4) is 0 Å². The van der Waals surface area contributed by atoms with Gasteiger partial charge in [-0.05, 0) is 55.7 Å². The van der Waals surface area contributed by atoms with E-state index < -0.39 is 0 Å². The van der Waals surface area contributed by atoms with Gasteiger partial charge in [0, 0.05) is 6.04 Å². The number of rotatable bonds is 6. The van der Waals surface area contributed by atoms with Gasteiger partial charge in [0.15, 0.2) is 0 Å². The summed E-state index contributed by atoms with van der Waals surface area (Å²) in [5, 5.41) is 3.70. The number of likely N-dealkylation sites (N-methyl/N-ethyl adjacent to an activating group) is 1. The first-order valence-corrected chi connectivity index (χ1v) is 7.74. The molecular formula is C18H27N. The van der Waals surface area contributed by atoms with Gasteiger partial charge in [0.1, 0.15) is 0 Å². The lowest BCUT2D eigenvalue weighted by atomic mass is 9.77. The molecule has 0 fully saturated rings. The summed E-state index contributed by atoms with van der Waals surface area (Å²) in [6.07, 6.45) is 6.09. The second kappa shape index (κ2) is 6.91. The van der Waals surface area contributed by atoms with E-state index in [2.05, 4.69) is 50.0 Å². The average Bonchev–Trinajstić information content (AvgIpc) is 2.46. The molecule has 104 valence electrons. The van der Waals surface area contributed by atoms with Crippen LogP contribution in [0.5, 0.6) is 0 Å². The molecule has 0 bridgehead atoms. The summed E-state index contributed by atoms with van der Waals surface area (Å²) in [6.45, 7) is 9.66. The molecule has 0 saturated heterocycles. The third-order valence-electron chi connectivity index (χ3n) is 4.38. The molecule has 1 aliphatic carbocycles. The van der Waals surface area contributed by atoms with Gasteiger partial charge in [-0.1, -0.05) is 50.3 Å². The summed E-state index contributed by atoms with van der Waals surface area (Å²) in [7, 11) is 0. The van der Waals surface area contributed by atoms with Gasteiger partial charge < -0.3 is 5.32 Å². The van der Waals surface area contributed by atoms with Crippen LogP contribution in [0.2, 0.25) is 0 Å². The molecule has 0 heterocycles. The quantitative estimate of drug-likeness (QED) is 0.743. The fraction of sp³-hybridized carbons (Fsp3) is 0.556. The van der Waals surface area contributed by atoms with E-state index in [1.165, 1.54) is 24.8 Å². The van der Waals surface area contributed by atoms with Gasteiger partial charge in [-0.2, -0.15) is 0 Å². The van der Waals surface area contributed by atoms with Crippen LogP contribution in [0.15, 0.2) is 36.4 Å². The Balaban J connectivity index is 2.20. The summed E-state index contributed by atoms with van der Waals surface area (Å²) < 4.78 is 0. The van der Waals surface area contributed by atoms with E-state index in [-0.39, 0.29) is 0 Å². The van der Waals surface area contributed by atoms with Gasteiger partial charge >= 0.3 is 0 Å². The summed E-state index contributed by atoms with van der Waals surface area (Å²) in [5.41, 5.74) is 4.50. The van der Waals surface area contributed by atoms with Crippen LogP contribution in [-0.2, 0) is 6.42 Å². The lowest BCUT2D eigenvalue weighted by Gasteiger charge is -2.33. The predicted octanol–water partition coefficient (Wildman–Crippen LogP) is 4.44. The predicted molar refractivity (Wildman–Crippen MR) is 83.6 cm³/mol. The summed E-state index contributed by atoms with van der Waals surface area (Å²) in [5.74, 6) is 0.660. The van der Waals surface area contributed by atoms with Crippen molar-refractivity contribution < 1.29 is 0 Å². The first kappa shape index (κ1) is 14.3. The Labute approximate surface area is 118 Å². The molecule has 1 aliphatic rings. The Bertz CT molecular complexity index is 421. The van der Waals surface area contributed by atoms with E-state index in [4.69, 9.17) is 0 Å². The van der Waals surface area contributed by atoms with Crippen molar-refractivity contribution in [3.63, 3.8) is 0 Å². The van der Waals surface area contributed by atoms with E-state index in [1.807, 2.05) is 0 Å². The fourth-order valence-corrected chi connectivity index (χ4v) is 3.28. The zero-order chi connectivity index (χ0) is 13.7. The van der Waals surface area contributed by atoms with Crippen molar-refractivity contribution in [2.24, 2.45) is 0 Å². The Morgan fingerprint density at radius 1 is 1.37 bits per heavy atom. The van der Waals surface area contributed by atoms with Crippen LogP contribution < -0.4 is 5.32 Å². The zero-order valence-electron chi connectivity index (χ0n) is 12.4. The Morgan fingerprint density at radius 3 is 2.89 bits per heavy atom. The van der Waals surface area contributed by atoms with Crippen molar-refractivity contribution in [1.82, 2.24) is 5.32 Å². The smallest absolute Gasteiger partial charge is 0.0173 e. The Morgan fingerprint density at radius 2 is 2.16 bits per heavy atom. The topological polar surface area (TPSA) is 12.0 Å². The second-order valence-corrected chi connectivity index (χ2v) is 5.67. The normalized spacial score (nSPS) is 19.8. The molecule has 1 heteroatoms. The van der Waals surface area contributed by atoms with Crippen molar-refractivity contribution in [1.29, 1.82) is 0 Å². The highest BCUT2D eigenvalue weighted by Gasteiger charge is 2.27. The van der Waals surface area contributed by atoms with Gasteiger partial charge in [0.05, 0.1) is 0 Å². The minimum atomic E-state index is 0.555. The van der Waals surface area contributed by atoms with Crippen molar-refractivity contribution in [3.8, 4) is 0 Å². The molecule has 2 rings (SSSR count). The fourth-order valence-electron chi connectivity index (χ4n) is 3.28. The van der Waals surface area contributed by atoms with Gasteiger partial charge in [-0.15, -0.1) is 0 Å². The number of nitrogens with one attached hydrogen (secondary N) is 1. The first-order valence-electron chi connectivity index (χ1n) is 7.74. The molecule has 1 aromatic rings. The lowest BCUT2D eigenvalue weighted by molar-refractivity contribution is 0.393. The minimum absolute atomic E-state index is 0.555. The number of hydrogen-bond donors (Lipinski definition) is 1. The van der Waals surface area contributed by atoms with E-state index in [1.54, 1.807) is 11.1 Å². The maximum atomic E-state index is 4.21. The Hall–Kier alpha value is -1.08. The third-order valence-corrected chi connectivity index (χ3v) is 4.38. The van der Waals surface area contributed by atoms with E-state index in [9.17, 15) is 0 Å². The second-order valence-electron chi connectivity index (χ2n) is 5.67. The molecule has 0 saturated carbocycles. The van der Waals surface area contributed by atoms with Crippen molar-refractivity contribution in [2.45, 2.75) is 57.9 Å². The number of aryl methyl sites for hydroxylation is 1. The zero-order valence-corrected chi connectivity index (χ0v) is 12.4. The third kappa shape index (κ3) is 3.48. The highest BCUT2D eigenvalue weighted by molar-refractivity contribution is 5.34. The van der Waals surface area contributed by atoms with Gasteiger partial charge in [-0.25, -0.2) is 0 Å². The number of benzene rings is 1. The molecule has 0 radical (unpaired) electrons. The van der Waals surface area contributed by atoms with Crippen LogP contribution in [0.25, 0.3) is 0 Å². The number of hydrogen-bond acceptors (Lipinski definition) is 1. The van der Waals surface area contributed by atoms with Crippen molar-refractivity contribution in [2.75, 3.05) is 6.54 Å². The Kier molecular flexibility index (Phi) is 5.21. The molecular weight excluding hydrogens is 230 g/mol. The standard InChI is InChI=1S/C18H27N/c1-4-14(3)13-18(19-5-2)17-12-8-10-15-9-6-7-11-16(15)17/h6-7,9,11,17-19H,3-5,8,10,12-13H2,1-2H3. The minimum Gasteiger partial charge on any atom is -0.313 e. The van der Waals surface area contributed by atoms with Crippen molar-refractivity contribution in [3.05, 3.63) is 47.5 Å². The molecule has 1 aromatic carbocycles. The van der Waals surface area contributed by atoms with Crippen LogP contribution >= 0.6 is 0 Å². The monoisotopic (exact) mass is 257 g/mol. The molecule has 2 atom stereocenters. The largest absolute Gasteiger partial charge is 0.313 e. The van der Waals surface area contributed by atoms with Crippen molar-refractivity contribution >= 4 is 0 Å². The summed E-state index contributed by atoms with van der Waals surface area (Å²) in [6, 6.07) is 9.56. The first-order chi connectivity index (χ1) is 9.26. The van der Waals surface area contributed by atoms with Crippen LogP contribution in [0, 0.1) is 0 Å². The highest BCUT2D eigenvalue weighted by atomic mass is 14.9. The van der Waals surface area contributed by atoms with Crippen LogP contribution in [0.1, 0.15) is 56.6 Å². The molecule has 19 heavy (non-hydrogen) atoms. The number of fused-ring (bicyclic) bond motifs is 1. The molecule has 0 aromatic heterocycles. The van der Waals surface area contributed by atoms with Gasteiger partial charge in [0.2, 0.25) is 0 Å². The van der Waals surface area contributed by atoms with Crippen LogP contribution in [0.4, 0.5) is 0 Å². The SMILES string of the molecule is C=C(CC)CC(NCC)C1CCCc2ccccc21. The highest BCUT2D eigenvalue weighted by Crippen LogP contribution is 2.35. The maximum Gasteiger partial charge on any atom is 0.0173 e. The average molecular weight is 257 g/mol. The van der Waals surface area contributed by atoms with E-state index >= 15 is 0 Å². The van der Waals surface area contributed by atoms with Gasteiger partial charge in [0.25, 0.3) is 0 Å². The molecule has 0 spiro atoms. The molecule has 0 aliphatic heterocycles. The summed E-state index contributed by atoms with van der Waals surface area (Å²) in [4.78, 5) is 0. The van der Waals surface area contributed by atoms with E-state index in [0.29, 0.717) is 12.0 Å². The molecule has 1 N–H and O–H groups in total.